The van der Waals surface area contributed by atoms with E-state index in [1.54, 1.807) is 6.92 Å². The molecular formula is C21H20N8O5S2. The number of carboxylic acids is 1. The van der Waals surface area contributed by atoms with Crippen molar-refractivity contribution in [1.82, 2.24) is 24.0 Å². The fourth-order valence-corrected chi connectivity index (χ4v) is 5.80. The Hall–Kier alpha value is -3.98. The maximum Gasteiger partial charge on any atom is 0.286 e. The summed E-state index contributed by atoms with van der Waals surface area (Å²) in [7, 11) is 0. The van der Waals surface area contributed by atoms with E-state index in [0.29, 0.717) is 11.3 Å². The number of anilines is 1. The van der Waals surface area contributed by atoms with Gasteiger partial charge in [-0.2, -0.15) is 9.36 Å². The van der Waals surface area contributed by atoms with Gasteiger partial charge in [0.05, 0.1) is 17.9 Å². The number of hydrogen-bond acceptors (Lipinski definition) is 11. The van der Waals surface area contributed by atoms with E-state index < -0.39 is 29.2 Å². The average molecular weight is 529 g/mol. The number of rotatable bonds is 8. The van der Waals surface area contributed by atoms with Crippen molar-refractivity contribution in [1.29, 1.82) is 0 Å². The number of aliphatic carboxylic acids is 1. The SMILES string of the molecule is CCO/N=C(/C(=O)NC1C(=O)N2C(C(=O)[O-])=C(C[n+]3ccn4ccccc43)CSC12)c1nsc(N)n1. The first kappa shape index (κ1) is 23.7. The number of amides is 2. The Kier molecular flexibility index (Phi) is 6.32. The normalized spacial score (nSPS) is 19.8. The Morgan fingerprint density at radius 2 is 2.22 bits per heavy atom. The van der Waals surface area contributed by atoms with Crippen molar-refractivity contribution in [3.8, 4) is 0 Å². The Labute approximate surface area is 212 Å². The standard InChI is InChI=1S/C21H20N8O5S2/c1-2-34-25-13(16-24-21(22)36-26-16)17(30)23-14-18(31)29-15(20(32)33)11(10-35-19(14)29)9-28-8-7-27-6-4-3-5-12(27)28/h3-8,14,19H,2,9-10H2,1H3,(H3-,22,23,24,26,30,32,33)/b25-13+. The molecule has 3 aromatic rings. The molecule has 5 heterocycles. The molecule has 2 aliphatic heterocycles. The number of carbonyl (C=O) groups excluding carboxylic acids is 3. The molecule has 2 unspecified atom stereocenters. The van der Waals surface area contributed by atoms with Gasteiger partial charge in [-0.15, -0.1) is 11.8 Å². The highest BCUT2D eigenvalue weighted by molar-refractivity contribution is 8.00. The average Bonchev–Trinajstić information content (AvgIpc) is 3.48. The summed E-state index contributed by atoms with van der Waals surface area (Å²) >= 11 is 2.24. The minimum atomic E-state index is -1.45. The lowest BCUT2D eigenvalue weighted by Crippen LogP contribution is -2.71. The number of nitrogens with zero attached hydrogens (tertiary/aromatic N) is 6. The van der Waals surface area contributed by atoms with E-state index in [1.807, 2.05) is 45.8 Å². The fraction of sp³-hybridized carbons (Fsp3) is 0.286. The van der Waals surface area contributed by atoms with Gasteiger partial charge < -0.3 is 25.8 Å². The molecule has 2 amide bonds. The summed E-state index contributed by atoms with van der Waals surface area (Å²) in [5.41, 5.74) is 6.62. The van der Waals surface area contributed by atoms with Crippen LogP contribution in [-0.4, -0.2) is 65.9 Å². The summed E-state index contributed by atoms with van der Waals surface area (Å²) in [5.74, 6) is -2.44. The number of carbonyl (C=O) groups is 3. The molecule has 2 atom stereocenters. The Morgan fingerprint density at radius 3 is 2.94 bits per heavy atom. The van der Waals surface area contributed by atoms with Crippen LogP contribution < -0.4 is 20.7 Å². The predicted octanol–water partition coefficient (Wildman–Crippen LogP) is -1.49. The van der Waals surface area contributed by atoms with Crippen molar-refractivity contribution in [2.45, 2.75) is 24.9 Å². The van der Waals surface area contributed by atoms with E-state index in [2.05, 4.69) is 19.8 Å². The van der Waals surface area contributed by atoms with Gasteiger partial charge in [0.25, 0.3) is 17.5 Å². The summed E-state index contributed by atoms with van der Waals surface area (Å²) in [5, 5.41) is 18.0. The largest absolute Gasteiger partial charge is 0.543 e. The Bertz CT molecular complexity index is 1430. The van der Waals surface area contributed by atoms with Crippen LogP contribution in [0.25, 0.3) is 5.65 Å². The molecule has 2 aliphatic rings. The topological polar surface area (TPSA) is 171 Å². The smallest absolute Gasteiger partial charge is 0.286 e. The second-order valence-electron chi connectivity index (χ2n) is 7.81. The van der Waals surface area contributed by atoms with Gasteiger partial charge in [0, 0.05) is 28.9 Å². The first-order valence-corrected chi connectivity index (χ1v) is 12.6. The number of fused-ring (bicyclic) bond motifs is 2. The molecule has 0 saturated carbocycles. The summed E-state index contributed by atoms with van der Waals surface area (Å²) in [6.07, 6.45) is 5.59. The van der Waals surface area contributed by atoms with Gasteiger partial charge in [0.1, 0.15) is 37.0 Å². The summed E-state index contributed by atoms with van der Waals surface area (Å²) in [6.45, 7) is 2.16. The van der Waals surface area contributed by atoms with Crippen LogP contribution in [0, 0.1) is 0 Å². The van der Waals surface area contributed by atoms with E-state index in [4.69, 9.17) is 10.6 Å². The molecule has 36 heavy (non-hydrogen) atoms. The Balaban J connectivity index is 1.37. The number of imidazole rings is 1. The van der Waals surface area contributed by atoms with Crippen molar-refractivity contribution in [3.05, 3.63) is 53.9 Å². The molecule has 0 bridgehead atoms. The van der Waals surface area contributed by atoms with E-state index in [-0.39, 0.29) is 35.5 Å². The third-order valence-corrected chi connectivity index (χ3v) is 7.49. The van der Waals surface area contributed by atoms with Gasteiger partial charge >= 0.3 is 0 Å². The molecule has 0 radical (unpaired) electrons. The van der Waals surface area contributed by atoms with Gasteiger partial charge in [0.15, 0.2) is 5.13 Å². The maximum absolute atomic E-state index is 13.0. The second-order valence-corrected chi connectivity index (χ2v) is 9.70. The third-order valence-electron chi connectivity index (χ3n) is 5.61. The van der Waals surface area contributed by atoms with E-state index in [0.717, 1.165) is 17.2 Å². The van der Waals surface area contributed by atoms with Crippen LogP contribution in [0.3, 0.4) is 0 Å². The van der Waals surface area contributed by atoms with Crippen molar-refractivity contribution in [3.63, 3.8) is 0 Å². The van der Waals surface area contributed by atoms with Crippen molar-refractivity contribution in [2.24, 2.45) is 5.16 Å². The lowest BCUT2D eigenvalue weighted by atomic mass is 10.0. The van der Waals surface area contributed by atoms with Crippen molar-refractivity contribution >= 4 is 57.6 Å². The number of nitrogen functional groups attached to an aromatic ring is 1. The van der Waals surface area contributed by atoms with Crippen LogP contribution in [0.4, 0.5) is 5.13 Å². The molecule has 13 nitrogen and oxygen atoms in total. The summed E-state index contributed by atoms with van der Waals surface area (Å²) in [4.78, 5) is 48.2. The number of β-lactam (4-membered cyclic amide) rings is 1. The zero-order valence-electron chi connectivity index (χ0n) is 18.9. The van der Waals surface area contributed by atoms with Crippen LogP contribution in [0.15, 0.2) is 53.2 Å². The molecule has 0 aliphatic carbocycles. The molecule has 1 saturated heterocycles. The third kappa shape index (κ3) is 4.15. The molecule has 5 rings (SSSR count). The van der Waals surface area contributed by atoms with E-state index in [1.165, 1.54) is 16.7 Å². The number of oxime groups is 1. The van der Waals surface area contributed by atoms with Crippen LogP contribution in [-0.2, 0) is 25.8 Å². The first-order chi connectivity index (χ1) is 17.4. The second kappa shape index (κ2) is 9.58. The first-order valence-electron chi connectivity index (χ1n) is 10.8. The maximum atomic E-state index is 13.0. The molecule has 0 aromatic carbocycles. The van der Waals surface area contributed by atoms with Crippen molar-refractivity contribution < 1.29 is 28.9 Å². The Morgan fingerprint density at radius 1 is 1.39 bits per heavy atom. The number of aromatic nitrogens is 4. The lowest BCUT2D eigenvalue weighted by Gasteiger charge is -2.50. The zero-order chi connectivity index (χ0) is 25.4. The molecule has 186 valence electrons. The number of hydrogen-bond donors (Lipinski definition) is 2. The molecular weight excluding hydrogens is 508 g/mol. The number of carboxylic acid groups (broad SMARTS) is 1. The molecule has 0 spiro atoms. The number of pyridine rings is 1. The van der Waals surface area contributed by atoms with Crippen LogP contribution in [0.1, 0.15) is 12.7 Å². The van der Waals surface area contributed by atoms with E-state index >= 15 is 0 Å². The minimum Gasteiger partial charge on any atom is -0.543 e. The number of nitrogens with two attached hydrogens (primary N) is 1. The van der Waals surface area contributed by atoms with E-state index in [9.17, 15) is 19.5 Å². The van der Waals surface area contributed by atoms with Gasteiger partial charge in [-0.05, 0) is 13.0 Å². The molecule has 1 fully saturated rings. The van der Waals surface area contributed by atoms with Gasteiger partial charge in [-0.25, -0.2) is 8.97 Å². The number of nitrogens with one attached hydrogen (secondary N) is 1. The highest BCUT2D eigenvalue weighted by Crippen LogP contribution is 2.40. The van der Waals surface area contributed by atoms with Gasteiger partial charge in [0.2, 0.25) is 11.5 Å². The quantitative estimate of drug-likeness (QED) is 0.153. The summed E-state index contributed by atoms with van der Waals surface area (Å²) < 4.78 is 7.78. The monoisotopic (exact) mass is 528 g/mol. The molecule has 15 heteroatoms. The number of thioether (sulfide) groups is 1. The lowest BCUT2D eigenvalue weighted by molar-refractivity contribution is -0.662. The van der Waals surface area contributed by atoms with Gasteiger partial charge in [-0.3, -0.25) is 14.5 Å². The summed E-state index contributed by atoms with van der Waals surface area (Å²) in [6, 6.07) is 4.71. The predicted molar refractivity (Wildman–Crippen MR) is 127 cm³/mol. The fourth-order valence-electron chi connectivity index (χ4n) is 4.03. The molecule has 3 N–H and O–H groups in total. The van der Waals surface area contributed by atoms with Gasteiger partial charge in [-0.1, -0.05) is 11.2 Å². The van der Waals surface area contributed by atoms with Crippen LogP contribution in [0.2, 0.25) is 0 Å². The van der Waals surface area contributed by atoms with Crippen molar-refractivity contribution in [2.75, 3.05) is 18.1 Å². The molecule has 3 aromatic heterocycles. The van der Waals surface area contributed by atoms with Crippen LogP contribution in [0.5, 0.6) is 0 Å². The minimum absolute atomic E-state index is 0.0298. The zero-order valence-corrected chi connectivity index (χ0v) is 20.5. The van der Waals surface area contributed by atoms with Crippen LogP contribution >= 0.6 is 23.3 Å². The highest BCUT2D eigenvalue weighted by Gasteiger charge is 2.53. The highest BCUT2D eigenvalue weighted by atomic mass is 32.2.